The van der Waals surface area contributed by atoms with Gasteiger partial charge in [-0.1, -0.05) is 29.5 Å². The number of non-ortho nitro benzene ring substituents is 1. The monoisotopic (exact) mass is 275 g/mol. The number of hydrazine groups is 1. The molecule has 2 rings (SSSR count). The molecule has 0 unspecified atom stereocenters. The van der Waals surface area contributed by atoms with Crippen molar-refractivity contribution in [1.82, 2.24) is 0 Å². The molecule has 0 aliphatic heterocycles. The van der Waals surface area contributed by atoms with E-state index in [0.29, 0.717) is 5.69 Å². The Balaban J connectivity index is 2.31. The molecule has 3 N–H and O–H groups in total. The number of hydrogen-bond acceptors (Lipinski definition) is 5. The Morgan fingerprint density at radius 2 is 1.84 bits per heavy atom. The first-order valence-electron chi connectivity index (χ1n) is 5.59. The number of anilines is 1. The Morgan fingerprint density at radius 3 is 2.42 bits per heavy atom. The molecule has 5 nitrogen and oxygen atoms in total. The average molecular weight is 275 g/mol. The molecule has 0 atom stereocenters. The molecule has 0 heterocycles. The molecule has 0 saturated heterocycles. The summed E-state index contributed by atoms with van der Waals surface area (Å²) >= 11 is 1.46. The van der Waals surface area contributed by atoms with Crippen LogP contribution in [0.5, 0.6) is 0 Å². The molecule has 0 aliphatic rings. The van der Waals surface area contributed by atoms with Crippen molar-refractivity contribution >= 4 is 23.1 Å². The summed E-state index contributed by atoms with van der Waals surface area (Å²) in [5, 5.41) is 10.8. The van der Waals surface area contributed by atoms with E-state index in [1.165, 1.54) is 29.5 Å². The predicted octanol–water partition coefficient (Wildman–Crippen LogP) is 3.34. The van der Waals surface area contributed by atoms with Crippen molar-refractivity contribution in [2.75, 3.05) is 5.43 Å². The van der Waals surface area contributed by atoms with Crippen molar-refractivity contribution in [3.8, 4) is 0 Å². The van der Waals surface area contributed by atoms with Crippen LogP contribution >= 0.6 is 11.8 Å². The van der Waals surface area contributed by atoms with Crippen LogP contribution < -0.4 is 11.3 Å². The molecule has 2 aromatic carbocycles. The van der Waals surface area contributed by atoms with Crippen molar-refractivity contribution in [2.45, 2.75) is 16.7 Å². The zero-order valence-corrected chi connectivity index (χ0v) is 11.1. The SMILES string of the molecule is Cc1ccc(Sc2cc(NN)cc([N+](=O)[O-])c2)cc1. The maximum atomic E-state index is 10.8. The van der Waals surface area contributed by atoms with E-state index < -0.39 is 4.92 Å². The lowest BCUT2D eigenvalue weighted by Gasteiger charge is -2.05. The number of benzene rings is 2. The molecule has 0 aromatic heterocycles. The van der Waals surface area contributed by atoms with E-state index in [2.05, 4.69) is 5.43 Å². The first kappa shape index (κ1) is 13.4. The predicted molar refractivity (Wildman–Crippen MR) is 76.2 cm³/mol. The van der Waals surface area contributed by atoms with Gasteiger partial charge in [0.1, 0.15) is 0 Å². The van der Waals surface area contributed by atoms with Gasteiger partial charge in [0.2, 0.25) is 0 Å². The van der Waals surface area contributed by atoms with E-state index in [4.69, 9.17) is 5.84 Å². The van der Waals surface area contributed by atoms with Gasteiger partial charge in [0.25, 0.3) is 5.69 Å². The van der Waals surface area contributed by atoms with E-state index in [9.17, 15) is 10.1 Å². The lowest BCUT2D eigenvalue weighted by Crippen LogP contribution is -2.07. The second-order valence-corrected chi connectivity index (χ2v) is 5.18. The zero-order chi connectivity index (χ0) is 13.8. The summed E-state index contributed by atoms with van der Waals surface area (Å²) in [6, 6.07) is 12.7. The van der Waals surface area contributed by atoms with Crippen LogP contribution in [-0.2, 0) is 0 Å². The third-order valence-electron chi connectivity index (χ3n) is 2.53. The minimum atomic E-state index is -0.431. The number of nitro benzene ring substituents is 1. The number of aryl methyl sites for hydroxylation is 1. The molecule has 0 fully saturated rings. The van der Waals surface area contributed by atoms with Crippen LogP contribution in [0.25, 0.3) is 0 Å². The van der Waals surface area contributed by atoms with E-state index in [-0.39, 0.29) is 5.69 Å². The van der Waals surface area contributed by atoms with Crippen molar-refractivity contribution in [2.24, 2.45) is 5.84 Å². The molecule has 19 heavy (non-hydrogen) atoms. The van der Waals surface area contributed by atoms with Gasteiger partial charge in [-0.05, 0) is 25.1 Å². The Morgan fingerprint density at radius 1 is 1.16 bits per heavy atom. The van der Waals surface area contributed by atoms with E-state index >= 15 is 0 Å². The van der Waals surface area contributed by atoms with Crippen molar-refractivity contribution in [3.05, 3.63) is 58.1 Å². The standard InChI is InChI=1S/C13H13N3O2S/c1-9-2-4-12(5-3-9)19-13-7-10(15-14)6-11(8-13)16(17)18/h2-8,15H,14H2,1H3. The van der Waals surface area contributed by atoms with Gasteiger partial charge >= 0.3 is 0 Å². The topological polar surface area (TPSA) is 81.2 Å². The summed E-state index contributed by atoms with van der Waals surface area (Å²) in [7, 11) is 0. The van der Waals surface area contributed by atoms with E-state index in [1.54, 1.807) is 6.07 Å². The summed E-state index contributed by atoms with van der Waals surface area (Å²) in [4.78, 5) is 12.2. The Labute approximate surface area is 114 Å². The maximum Gasteiger partial charge on any atom is 0.272 e. The third-order valence-corrected chi connectivity index (χ3v) is 3.50. The highest BCUT2D eigenvalue weighted by molar-refractivity contribution is 7.99. The van der Waals surface area contributed by atoms with E-state index in [1.807, 2.05) is 31.2 Å². The number of hydrogen-bond donors (Lipinski definition) is 2. The molecule has 0 saturated carbocycles. The maximum absolute atomic E-state index is 10.8. The minimum Gasteiger partial charge on any atom is -0.324 e. The van der Waals surface area contributed by atoms with Gasteiger partial charge in [0, 0.05) is 21.9 Å². The Kier molecular flexibility index (Phi) is 4.03. The van der Waals surface area contributed by atoms with Gasteiger partial charge in [-0.2, -0.15) is 0 Å². The number of nitrogens with zero attached hydrogens (tertiary/aromatic N) is 1. The summed E-state index contributed by atoms with van der Waals surface area (Å²) < 4.78 is 0. The summed E-state index contributed by atoms with van der Waals surface area (Å²) in [6.45, 7) is 2.01. The fourth-order valence-corrected chi connectivity index (χ4v) is 2.48. The second kappa shape index (κ2) is 5.73. The molecule has 0 amide bonds. The fraction of sp³-hybridized carbons (Fsp3) is 0.0769. The highest BCUT2D eigenvalue weighted by Gasteiger charge is 2.10. The Bertz CT molecular complexity index is 599. The number of rotatable bonds is 4. The number of nitro groups is 1. The molecule has 0 aliphatic carbocycles. The molecule has 2 aromatic rings. The second-order valence-electron chi connectivity index (χ2n) is 4.03. The van der Waals surface area contributed by atoms with Crippen LogP contribution in [0.15, 0.2) is 52.3 Å². The normalized spacial score (nSPS) is 10.2. The van der Waals surface area contributed by atoms with Crippen LogP contribution in [0.2, 0.25) is 0 Å². The van der Waals surface area contributed by atoms with Crippen molar-refractivity contribution < 1.29 is 4.92 Å². The van der Waals surface area contributed by atoms with Gasteiger partial charge < -0.3 is 5.43 Å². The summed E-state index contributed by atoms with van der Waals surface area (Å²) in [5.41, 5.74) is 4.15. The molecule has 6 heteroatoms. The lowest BCUT2D eigenvalue weighted by atomic mass is 10.2. The molecular weight excluding hydrogens is 262 g/mol. The third kappa shape index (κ3) is 3.46. The van der Waals surface area contributed by atoms with Crippen LogP contribution in [0.1, 0.15) is 5.56 Å². The Hall–Kier alpha value is -2.05. The molecule has 0 bridgehead atoms. The van der Waals surface area contributed by atoms with Gasteiger partial charge in [0.05, 0.1) is 10.6 Å². The number of nitrogens with one attached hydrogen (secondary N) is 1. The van der Waals surface area contributed by atoms with E-state index in [0.717, 1.165) is 9.79 Å². The molecular formula is C13H13N3O2S. The molecule has 0 radical (unpaired) electrons. The van der Waals surface area contributed by atoms with Crippen LogP contribution in [-0.4, -0.2) is 4.92 Å². The van der Waals surface area contributed by atoms with Crippen molar-refractivity contribution in [1.29, 1.82) is 0 Å². The molecule has 0 spiro atoms. The largest absolute Gasteiger partial charge is 0.324 e. The smallest absolute Gasteiger partial charge is 0.272 e. The van der Waals surface area contributed by atoms with Gasteiger partial charge in [-0.25, -0.2) is 0 Å². The van der Waals surface area contributed by atoms with Crippen molar-refractivity contribution in [3.63, 3.8) is 0 Å². The highest BCUT2D eigenvalue weighted by atomic mass is 32.2. The first-order valence-corrected chi connectivity index (χ1v) is 6.41. The number of nitrogens with two attached hydrogens (primary N) is 1. The summed E-state index contributed by atoms with van der Waals surface area (Å²) in [6.07, 6.45) is 0. The zero-order valence-electron chi connectivity index (χ0n) is 10.3. The van der Waals surface area contributed by atoms with Crippen LogP contribution in [0.3, 0.4) is 0 Å². The molecule has 98 valence electrons. The highest BCUT2D eigenvalue weighted by Crippen LogP contribution is 2.32. The number of nitrogen functional groups attached to an aromatic ring is 1. The quantitative estimate of drug-likeness (QED) is 0.508. The van der Waals surface area contributed by atoms with Gasteiger partial charge in [-0.3, -0.25) is 16.0 Å². The first-order chi connectivity index (χ1) is 9.08. The minimum absolute atomic E-state index is 0.0186. The van der Waals surface area contributed by atoms with Gasteiger partial charge in [-0.15, -0.1) is 0 Å². The fourth-order valence-electron chi connectivity index (χ4n) is 1.57. The summed E-state index contributed by atoms with van der Waals surface area (Å²) in [5.74, 6) is 5.32. The van der Waals surface area contributed by atoms with Crippen LogP contribution in [0, 0.1) is 17.0 Å². The lowest BCUT2D eigenvalue weighted by molar-refractivity contribution is -0.385. The average Bonchev–Trinajstić information content (AvgIpc) is 2.41. The van der Waals surface area contributed by atoms with Crippen LogP contribution in [0.4, 0.5) is 11.4 Å². The van der Waals surface area contributed by atoms with Gasteiger partial charge in [0.15, 0.2) is 0 Å².